The summed E-state index contributed by atoms with van der Waals surface area (Å²) in [4.78, 5) is 39.1. The highest BCUT2D eigenvalue weighted by atomic mass is 16.2. The van der Waals surface area contributed by atoms with E-state index >= 15 is 0 Å². The molecule has 8 nitrogen and oxygen atoms in total. The zero-order valence-corrected chi connectivity index (χ0v) is 13.6. The summed E-state index contributed by atoms with van der Waals surface area (Å²) < 4.78 is 0. The first kappa shape index (κ1) is 15.3. The monoisotopic (exact) mass is 330 g/mol. The number of imide groups is 1. The van der Waals surface area contributed by atoms with E-state index in [-0.39, 0.29) is 11.9 Å². The molecule has 128 valence electrons. The van der Waals surface area contributed by atoms with Crippen LogP contribution in [0.25, 0.3) is 0 Å². The molecule has 4 rings (SSSR count). The van der Waals surface area contributed by atoms with Gasteiger partial charge in [0, 0.05) is 38.6 Å². The van der Waals surface area contributed by atoms with Crippen LogP contribution in [0.2, 0.25) is 0 Å². The second-order valence-electron chi connectivity index (χ2n) is 6.75. The lowest BCUT2D eigenvalue weighted by Gasteiger charge is -2.36. The lowest BCUT2D eigenvalue weighted by molar-refractivity contribution is -0.132. The molecule has 3 fully saturated rings. The minimum Gasteiger partial charge on any atom is -0.338 e. The number of aromatic nitrogens is 2. The van der Waals surface area contributed by atoms with Crippen LogP contribution in [-0.2, 0) is 4.79 Å². The Morgan fingerprint density at radius 1 is 1.04 bits per heavy atom. The van der Waals surface area contributed by atoms with Crippen molar-refractivity contribution in [3.05, 3.63) is 18.5 Å². The third kappa shape index (κ3) is 2.60. The standard InChI is InChI=1S/C16H22N6O2/c23-13-16(4-1-2-5-16)19-15(24)22(13)12-20-8-10-21(11-9-20)14-17-6-3-7-18-14/h3,6-7H,1-2,4-5,8-12H2,(H,19,24). The fourth-order valence-corrected chi connectivity index (χ4v) is 3.87. The molecule has 1 aliphatic carbocycles. The lowest BCUT2D eigenvalue weighted by Crippen LogP contribution is -2.52. The van der Waals surface area contributed by atoms with E-state index in [0.717, 1.165) is 57.8 Å². The van der Waals surface area contributed by atoms with E-state index < -0.39 is 5.54 Å². The van der Waals surface area contributed by atoms with Gasteiger partial charge in [-0.15, -0.1) is 0 Å². The summed E-state index contributed by atoms with van der Waals surface area (Å²) in [7, 11) is 0. The Morgan fingerprint density at radius 2 is 1.71 bits per heavy atom. The molecule has 2 aliphatic heterocycles. The van der Waals surface area contributed by atoms with Crippen molar-refractivity contribution in [2.75, 3.05) is 37.7 Å². The summed E-state index contributed by atoms with van der Waals surface area (Å²) in [6, 6.07) is 1.56. The van der Waals surface area contributed by atoms with Crippen LogP contribution >= 0.6 is 0 Å². The van der Waals surface area contributed by atoms with Gasteiger partial charge in [-0.05, 0) is 18.9 Å². The second-order valence-corrected chi connectivity index (χ2v) is 6.75. The van der Waals surface area contributed by atoms with E-state index in [1.165, 1.54) is 4.90 Å². The maximum atomic E-state index is 12.7. The molecule has 8 heteroatoms. The van der Waals surface area contributed by atoms with Gasteiger partial charge in [0.25, 0.3) is 5.91 Å². The Balaban J connectivity index is 1.36. The average molecular weight is 330 g/mol. The van der Waals surface area contributed by atoms with Gasteiger partial charge in [0.1, 0.15) is 5.54 Å². The summed E-state index contributed by atoms with van der Waals surface area (Å²) in [5.74, 6) is 0.691. The number of hydrogen-bond acceptors (Lipinski definition) is 6. The molecule has 1 aromatic rings. The predicted octanol–water partition coefficient (Wildman–Crippen LogP) is 0.421. The normalized spacial score (nSPS) is 24.0. The van der Waals surface area contributed by atoms with Crippen molar-refractivity contribution in [1.82, 2.24) is 25.1 Å². The fourth-order valence-electron chi connectivity index (χ4n) is 3.87. The summed E-state index contributed by atoms with van der Waals surface area (Å²) >= 11 is 0. The van der Waals surface area contributed by atoms with Crippen LogP contribution < -0.4 is 10.2 Å². The van der Waals surface area contributed by atoms with Crippen LogP contribution in [0.4, 0.5) is 10.7 Å². The highest BCUT2D eigenvalue weighted by Gasteiger charge is 2.52. The summed E-state index contributed by atoms with van der Waals surface area (Å²) in [5, 5.41) is 2.93. The lowest BCUT2D eigenvalue weighted by atomic mass is 9.98. The minimum atomic E-state index is -0.614. The molecule has 0 bridgehead atoms. The van der Waals surface area contributed by atoms with Crippen LogP contribution in [0.3, 0.4) is 0 Å². The number of urea groups is 1. The molecule has 0 atom stereocenters. The van der Waals surface area contributed by atoms with Crippen LogP contribution in [-0.4, -0.2) is 70.1 Å². The molecule has 0 radical (unpaired) electrons. The number of nitrogens with one attached hydrogen (secondary N) is 1. The van der Waals surface area contributed by atoms with Crippen molar-refractivity contribution >= 4 is 17.9 Å². The SMILES string of the molecule is O=C1NC2(CCCC2)C(=O)N1CN1CCN(c2ncccn2)CC1. The molecule has 0 aromatic carbocycles. The van der Waals surface area contributed by atoms with Gasteiger partial charge in [0.15, 0.2) is 0 Å². The smallest absolute Gasteiger partial charge is 0.326 e. The number of anilines is 1. The molecule has 1 aromatic heterocycles. The van der Waals surface area contributed by atoms with E-state index in [4.69, 9.17) is 0 Å². The number of hydrogen-bond donors (Lipinski definition) is 1. The zero-order chi connectivity index (χ0) is 16.6. The predicted molar refractivity (Wildman–Crippen MR) is 87.3 cm³/mol. The topological polar surface area (TPSA) is 81.7 Å². The van der Waals surface area contributed by atoms with Crippen LogP contribution in [0.15, 0.2) is 18.5 Å². The molecule has 1 N–H and O–H groups in total. The van der Waals surface area contributed by atoms with E-state index in [2.05, 4.69) is 25.1 Å². The fraction of sp³-hybridized carbons (Fsp3) is 0.625. The molecule has 1 spiro atoms. The van der Waals surface area contributed by atoms with Gasteiger partial charge in [-0.1, -0.05) is 12.8 Å². The third-order valence-corrected chi connectivity index (χ3v) is 5.25. The Hall–Kier alpha value is -2.22. The highest BCUT2D eigenvalue weighted by Crippen LogP contribution is 2.35. The first-order valence-electron chi connectivity index (χ1n) is 8.56. The zero-order valence-electron chi connectivity index (χ0n) is 13.6. The van der Waals surface area contributed by atoms with Crippen molar-refractivity contribution in [1.29, 1.82) is 0 Å². The number of rotatable bonds is 3. The Bertz CT molecular complexity index is 623. The van der Waals surface area contributed by atoms with E-state index in [0.29, 0.717) is 6.67 Å². The second kappa shape index (κ2) is 6.01. The van der Waals surface area contributed by atoms with Crippen molar-refractivity contribution in [2.24, 2.45) is 0 Å². The first-order chi connectivity index (χ1) is 11.7. The van der Waals surface area contributed by atoms with Crippen molar-refractivity contribution in [3.63, 3.8) is 0 Å². The number of carbonyl (C=O) groups is 2. The molecule has 3 amide bonds. The molecule has 3 heterocycles. The molecule has 3 aliphatic rings. The maximum absolute atomic E-state index is 12.7. The third-order valence-electron chi connectivity index (χ3n) is 5.25. The number of nitrogens with zero attached hydrogens (tertiary/aromatic N) is 5. The molecule has 0 unspecified atom stereocenters. The summed E-state index contributed by atoms with van der Waals surface area (Å²) in [5.41, 5.74) is -0.614. The van der Waals surface area contributed by atoms with Crippen molar-refractivity contribution in [3.8, 4) is 0 Å². The maximum Gasteiger partial charge on any atom is 0.326 e. The summed E-state index contributed by atoms with van der Waals surface area (Å²) in [6.07, 6.45) is 7.04. The quantitative estimate of drug-likeness (QED) is 0.809. The number of piperazine rings is 1. The Morgan fingerprint density at radius 3 is 2.38 bits per heavy atom. The first-order valence-corrected chi connectivity index (χ1v) is 8.56. The van der Waals surface area contributed by atoms with E-state index in [1.807, 2.05) is 0 Å². The number of carbonyl (C=O) groups excluding carboxylic acids is 2. The Kier molecular flexibility index (Phi) is 3.84. The Labute approximate surface area is 140 Å². The molecule has 24 heavy (non-hydrogen) atoms. The van der Waals surface area contributed by atoms with Crippen LogP contribution in [0, 0.1) is 0 Å². The van der Waals surface area contributed by atoms with E-state index in [1.54, 1.807) is 18.5 Å². The van der Waals surface area contributed by atoms with Gasteiger partial charge in [-0.3, -0.25) is 9.69 Å². The van der Waals surface area contributed by atoms with Gasteiger partial charge in [0.05, 0.1) is 6.67 Å². The summed E-state index contributed by atoms with van der Waals surface area (Å²) in [6.45, 7) is 3.51. The van der Waals surface area contributed by atoms with Gasteiger partial charge in [0.2, 0.25) is 5.95 Å². The van der Waals surface area contributed by atoms with E-state index in [9.17, 15) is 9.59 Å². The minimum absolute atomic E-state index is 0.0428. The largest absolute Gasteiger partial charge is 0.338 e. The molecule has 2 saturated heterocycles. The van der Waals surface area contributed by atoms with Gasteiger partial charge in [-0.2, -0.15) is 0 Å². The van der Waals surface area contributed by atoms with Crippen molar-refractivity contribution in [2.45, 2.75) is 31.2 Å². The number of amides is 3. The molecule has 1 saturated carbocycles. The molecular weight excluding hydrogens is 308 g/mol. The average Bonchev–Trinajstić information content (AvgIpc) is 3.17. The molecular formula is C16H22N6O2. The van der Waals surface area contributed by atoms with Gasteiger partial charge < -0.3 is 10.2 Å². The van der Waals surface area contributed by atoms with Crippen LogP contribution in [0.5, 0.6) is 0 Å². The van der Waals surface area contributed by atoms with Gasteiger partial charge >= 0.3 is 6.03 Å². The van der Waals surface area contributed by atoms with Crippen molar-refractivity contribution < 1.29 is 9.59 Å². The van der Waals surface area contributed by atoms with Gasteiger partial charge in [-0.25, -0.2) is 19.7 Å². The highest BCUT2D eigenvalue weighted by molar-refractivity contribution is 6.07. The van der Waals surface area contributed by atoms with Crippen LogP contribution in [0.1, 0.15) is 25.7 Å².